The highest BCUT2D eigenvalue weighted by atomic mass is 16.5. The second kappa shape index (κ2) is 5.87. The summed E-state index contributed by atoms with van der Waals surface area (Å²) in [4.78, 5) is 11.3. The van der Waals surface area contributed by atoms with Crippen molar-refractivity contribution < 1.29 is 9.53 Å². The third kappa shape index (κ3) is 3.23. The zero-order chi connectivity index (χ0) is 13.0. The molecule has 0 saturated carbocycles. The van der Waals surface area contributed by atoms with Gasteiger partial charge in [-0.25, -0.2) is 0 Å². The summed E-state index contributed by atoms with van der Waals surface area (Å²) < 4.78 is 5.07. The third-order valence-corrected chi connectivity index (χ3v) is 3.17. The molecule has 0 bridgehead atoms. The number of nitrogens with one attached hydrogen (secondary N) is 2. The van der Waals surface area contributed by atoms with Gasteiger partial charge in [0.25, 0.3) is 0 Å². The summed E-state index contributed by atoms with van der Waals surface area (Å²) in [5.41, 5.74) is 3.26. The lowest BCUT2D eigenvalue weighted by atomic mass is 10.0. The van der Waals surface area contributed by atoms with Crippen molar-refractivity contribution in [2.24, 2.45) is 0 Å². The number of amides is 1. The SMILES string of the molecule is COCCC(C)Nc1ccc2c(c1)CCC(=O)N2. The summed E-state index contributed by atoms with van der Waals surface area (Å²) in [5.74, 6) is 0.108. The first-order chi connectivity index (χ1) is 8.69. The number of hydrogen-bond donors (Lipinski definition) is 2. The van der Waals surface area contributed by atoms with Gasteiger partial charge in [-0.2, -0.15) is 0 Å². The Bertz CT molecular complexity index is 432. The molecule has 0 radical (unpaired) electrons. The minimum absolute atomic E-state index is 0.108. The summed E-state index contributed by atoms with van der Waals surface area (Å²) in [5, 5.41) is 6.33. The number of methoxy groups -OCH3 is 1. The minimum Gasteiger partial charge on any atom is -0.385 e. The third-order valence-electron chi connectivity index (χ3n) is 3.17. The highest BCUT2D eigenvalue weighted by Crippen LogP contribution is 2.26. The molecule has 18 heavy (non-hydrogen) atoms. The summed E-state index contributed by atoms with van der Waals surface area (Å²) in [6.07, 6.45) is 2.38. The van der Waals surface area contributed by atoms with Gasteiger partial charge in [-0.05, 0) is 43.5 Å². The number of aryl methyl sites for hydroxylation is 1. The molecule has 0 aliphatic carbocycles. The van der Waals surface area contributed by atoms with Crippen LogP contribution in [0.2, 0.25) is 0 Å². The van der Waals surface area contributed by atoms with Crippen LogP contribution in [0, 0.1) is 0 Å². The Morgan fingerprint density at radius 3 is 3.06 bits per heavy atom. The Kier molecular flexibility index (Phi) is 4.20. The molecule has 1 unspecified atom stereocenters. The van der Waals surface area contributed by atoms with Crippen LogP contribution in [0.5, 0.6) is 0 Å². The first-order valence-corrected chi connectivity index (χ1v) is 6.37. The van der Waals surface area contributed by atoms with Gasteiger partial charge in [0.2, 0.25) is 5.91 Å². The van der Waals surface area contributed by atoms with E-state index in [2.05, 4.69) is 23.6 Å². The molecule has 1 aromatic carbocycles. The normalized spacial score (nSPS) is 15.8. The van der Waals surface area contributed by atoms with Crippen LogP contribution in [0.3, 0.4) is 0 Å². The van der Waals surface area contributed by atoms with Crippen molar-refractivity contribution in [1.82, 2.24) is 0 Å². The number of hydrogen-bond acceptors (Lipinski definition) is 3. The highest BCUT2D eigenvalue weighted by molar-refractivity contribution is 5.94. The molecule has 4 nitrogen and oxygen atoms in total. The Morgan fingerprint density at radius 1 is 1.44 bits per heavy atom. The lowest BCUT2D eigenvalue weighted by molar-refractivity contribution is -0.116. The average Bonchev–Trinajstić information content (AvgIpc) is 2.36. The Hall–Kier alpha value is -1.55. The standard InChI is InChI=1S/C14H20N2O2/c1-10(7-8-18-2)15-12-4-5-13-11(9-12)3-6-14(17)16-13/h4-5,9-10,15H,3,6-8H2,1-2H3,(H,16,17). The molecule has 2 N–H and O–H groups in total. The van der Waals surface area contributed by atoms with Crippen LogP contribution in [-0.4, -0.2) is 25.7 Å². The maximum Gasteiger partial charge on any atom is 0.224 e. The van der Waals surface area contributed by atoms with Gasteiger partial charge < -0.3 is 15.4 Å². The first-order valence-electron chi connectivity index (χ1n) is 6.37. The van der Waals surface area contributed by atoms with Gasteiger partial charge in [-0.3, -0.25) is 4.79 Å². The van der Waals surface area contributed by atoms with Crippen molar-refractivity contribution >= 4 is 17.3 Å². The molecule has 1 amide bonds. The summed E-state index contributed by atoms with van der Waals surface area (Å²) >= 11 is 0. The molecule has 1 aliphatic heterocycles. The molecule has 1 aromatic rings. The van der Waals surface area contributed by atoms with Gasteiger partial charge in [-0.1, -0.05) is 0 Å². The number of benzene rings is 1. The molecule has 1 heterocycles. The zero-order valence-corrected chi connectivity index (χ0v) is 11.0. The predicted octanol–water partition coefficient (Wildman–Crippen LogP) is 2.41. The maximum atomic E-state index is 11.3. The molecule has 2 rings (SSSR count). The van der Waals surface area contributed by atoms with Crippen molar-refractivity contribution in [3.8, 4) is 0 Å². The topological polar surface area (TPSA) is 50.4 Å². The average molecular weight is 248 g/mol. The van der Waals surface area contributed by atoms with E-state index in [0.717, 1.165) is 30.8 Å². The number of rotatable bonds is 5. The van der Waals surface area contributed by atoms with E-state index in [4.69, 9.17) is 4.74 Å². The van der Waals surface area contributed by atoms with Crippen molar-refractivity contribution in [3.63, 3.8) is 0 Å². The van der Waals surface area contributed by atoms with Crippen LogP contribution < -0.4 is 10.6 Å². The van der Waals surface area contributed by atoms with Gasteiger partial charge in [0.15, 0.2) is 0 Å². The fourth-order valence-electron chi connectivity index (χ4n) is 2.12. The summed E-state index contributed by atoms with van der Waals surface area (Å²) in [6.45, 7) is 2.90. The second-order valence-electron chi connectivity index (χ2n) is 4.75. The molecule has 0 aromatic heterocycles. The van der Waals surface area contributed by atoms with Crippen LogP contribution >= 0.6 is 0 Å². The molecule has 0 spiro atoms. The number of ether oxygens (including phenoxy) is 1. The van der Waals surface area contributed by atoms with Crippen molar-refractivity contribution in [1.29, 1.82) is 0 Å². The van der Waals surface area contributed by atoms with Crippen LogP contribution in [0.25, 0.3) is 0 Å². The van der Waals surface area contributed by atoms with Gasteiger partial charge >= 0.3 is 0 Å². The van der Waals surface area contributed by atoms with Crippen molar-refractivity contribution in [3.05, 3.63) is 23.8 Å². The molecular formula is C14H20N2O2. The van der Waals surface area contributed by atoms with Gasteiger partial charge in [0, 0.05) is 37.6 Å². The maximum absolute atomic E-state index is 11.3. The van der Waals surface area contributed by atoms with Crippen molar-refractivity contribution in [2.75, 3.05) is 24.4 Å². The lowest BCUT2D eigenvalue weighted by Crippen LogP contribution is -2.20. The fraction of sp³-hybridized carbons (Fsp3) is 0.500. The molecular weight excluding hydrogens is 228 g/mol. The van der Waals surface area contributed by atoms with Crippen molar-refractivity contribution in [2.45, 2.75) is 32.2 Å². The largest absolute Gasteiger partial charge is 0.385 e. The van der Waals surface area contributed by atoms with E-state index >= 15 is 0 Å². The Labute approximate surface area is 108 Å². The van der Waals surface area contributed by atoms with Crippen LogP contribution in [0.15, 0.2) is 18.2 Å². The van der Waals surface area contributed by atoms with Crippen LogP contribution in [0.1, 0.15) is 25.3 Å². The van der Waals surface area contributed by atoms with E-state index in [9.17, 15) is 4.79 Å². The highest BCUT2D eigenvalue weighted by Gasteiger charge is 2.14. The number of fused-ring (bicyclic) bond motifs is 1. The lowest BCUT2D eigenvalue weighted by Gasteiger charge is -2.20. The zero-order valence-electron chi connectivity index (χ0n) is 11.0. The van der Waals surface area contributed by atoms with E-state index in [0.29, 0.717) is 12.5 Å². The van der Waals surface area contributed by atoms with Crippen LogP contribution in [0.4, 0.5) is 11.4 Å². The van der Waals surface area contributed by atoms with Gasteiger partial charge in [0.05, 0.1) is 0 Å². The first kappa shape index (κ1) is 12.9. The Morgan fingerprint density at radius 2 is 2.28 bits per heavy atom. The summed E-state index contributed by atoms with van der Waals surface area (Å²) in [6, 6.07) is 6.48. The molecule has 0 fully saturated rings. The number of carbonyl (C=O) groups is 1. The monoisotopic (exact) mass is 248 g/mol. The van der Waals surface area contributed by atoms with E-state index in [1.54, 1.807) is 7.11 Å². The van der Waals surface area contributed by atoms with E-state index in [-0.39, 0.29) is 5.91 Å². The molecule has 4 heteroatoms. The molecule has 1 atom stereocenters. The number of carbonyl (C=O) groups excluding carboxylic acids is 1. The molecule has 0 saturated heterocycles. The molecule has 98 valence electrons. The van der Waals surface area contributed by atoms with E-state index in [1.807, 2.05) is 12.1 Å². The fourth-order valence-corrected chi connectivity index (χ4v) is 2.12. The smallest absolute Gasteiger partial charge is 0.224 e. The Balaban J connectivity index is 2.00. The quantitative estimate of drug-likeness (QED) is 0.841. The summed E-state index contributed by atoms with van der Waals surface area (Å²) in [7, 11) is 1.72. The van der Waals surface area contributed by atoms with Crippen LogP contribution in [-0.2, 0) is 16.0 Å². The number of anilines is 2. The van der Waals surface area contributed by atoms with E-state index in [1.165, 1.54) is 5.56 Å². The second-order valence-corrected chi connectivity index (χ2v) is 4.75. The molecule has 1 aliphatic rings. The van der Waals surface area contributed by atoms with Gasteiger partial charge in [0.1, 0.15) is 0 Å². The predicted molar refractivity (Wildman–Crippen MR) is 73.0 cm³/mol. The van der Waals surface area contributed by atoms with Gasteiger partial charge in [-0.15, -0.1) is 0 Å². The minimum atomic E-state index is 0.108. The van der Waals surface area contributed by atoms with E-state index < -0.39 is 0 Å².